The quantitative estimate of drug-likeness (QED) is 0.386. The van der Waals surface area contributed by atoms with Crippen LogP contribution in [0.3, 0.4) is 0 Å². The van der Waals surface area contributed by atoms with Crippen LogP contribution in [0, 0.1) is 0 Å². The van der Waals surface area contributed by atoms with Crippen molar-refractivity contribution in [2.24, 2.45) is 0 Å². The molecule has 2 heterocycles. The van der Waals surface area contributed by atoms with Crippen molar-refractivity contribution in [2.45, 2.75) is 71.8 Å². The van der Waals surface area contributed by atoms with Gasteiger partial charge in [-0.1, -0.05) is 45.2 Å². The number of para-hydroxylation sites is 1. The molecule has 0 fully saturated rings. The summed E-state index contributed by atoms with van der Waals surface area (Å²) in [5, 5.41) is 0.993. The molecule has 0 spiro atoms. The number of hydrogen-bond donors (Lipinski definition) is 2. The van der Waals surface area contributed by atoms with Gasteiger partial charge in [-0.15, -0.1) is 11.3 Å². The van der Waals surface area contributed by atoms with Crippen LogP contribution < -0.4 is 21.9 Å². The van der Waals surface area contributed by atoms with Gasteiger partial charge in [0.05, 0.1) is 15.2 Å². The standard InChI is InChI=1S/C24H33N5O3S/c1-3-5-9-16-28(21-22(25)29(15-6-4-2)24(32)27-23(21)31)20(30)14-10-13-19-26-17-11-7-8-12-18(17)33-19/h7-8,11-12H,3-6,9-10,13-16,25H2,1-2H3,(H,27,31,32). The first-order chi connectivity index (χ1) is 16.0. The number of nitrogens with two attached hydrogens (primary N) is 1. The zero-order valence-electron chi connectivity index (χ0n) is 19.4. The van der Waals surface area contributed by atoms with Gasteiger partial charge in [-0.25, -0.2) is 9.78 Å². The fraction of sp³-hybridized carbons (Fsp3) is 0.500. The van der Waals surface area contributed by atoms with Gasteiger partial charge < -0.3 is 10.6 Å². The molecule has 178 valence electrons. The Morgan fingerprint density at radius 3 is 2.61 bits per heavy atom. The maximum absolute atomic E-state index is 13.2. The molecular formula is C24H33N5O3S. The molecule has 9 heteroatoms. The number of H-pyrrole nitrogens is 1. The topological polar surface area (TPSA) is 114 Å². The Labute approximate surface area is 197 Å². The summed E-state index contributed by atoms with van der Waals surface area (Å²) in [5.74, 6) is -0.0988. The third-order valence-electron chi connectivity index (χ3n) is 5.63. The summed E-state index contributed by atoms with van der Waals surface area (Å²) in [7, 11) is 0. The van der Waals surface area contributed by atoms with Crippen molar-refractivity contribution in [1.82, 2.24) is 14.5 Å². The molecule has 3 aromatic rings. The van der Waals surface area contributed by atoms with Crippen molar-refractivity contribution < 1.29 is 4.79 Å². The van der Waals surface area contributed by atoms with Crippen molar-refractivity contribution in [3.05, 3.63) is 50.1 Å². The predicted octanol–water partition coefficient (Wildman–Crippen LogP) is 4.07. The molecule has 33 heavy (non-hydrogen) atoms. The maximum Gasteiger partial charge on any atom is 0.330 e. The molecule has 1 amide bonds. The zero-order chi connectivity index (χ0) is 23.8. The number of amides is 1. The number of rotatable bonds is 12. The van der Waals surface area contributed by atoms with Gasteiger partial charge in [-0.2, -0.15) is 0 Å². The number of aromatic amines is 1. The smallest absolute Gasteiger partial charge is 0.330 e. The number of aryl methyl sites for hydroxylation is 1. The molecule has 0 aliphatic heterocycles. The lowest BCUT2D eigenvalue weighted by Gasteiger charge is -2.24. The van der Waals surface area contributed by atoms with Crippen LogP contribution in [0.4, 0.5) is 11.5 Å². The summed E-state index contributed by atoms with van der Waals surface area (Å²) in [5.41, 5.74) is 6.19. The minimum Gasteiger partial charge on any atom is -0.383 e. The summed E-state index contributed by atoms with van der Waals surface area (Å²) in [6.45, 7) is 4.89. The molecule has 0 bridgehead atoms. The van der Waals surface area contributed by atoms with Gasteiger partial charge in [0.2, 0.25) is 5.91 Å². The van der Waals surface area contributed by atoms with Crippen LogP contribution >= 0.6 is 11.3 Å². The summed E-state index contributed by atoms with van der Waals surface area (Å²) in [6.07, 6.45) is 5.89. The van der Waals surface area contributed by atoms with Crippen LogP contribution in [-0.2, 0) is 17.8 Å². The molecule has 0 saturated carbocycles. The van der Waals surface area contributed by atoms with E-state index in [0.717, 1.165) is 47.3 Å². The number of hydrogen-bond acceptors (Lipinski definition) is 6. The van der Waals surface area contributed by atoms with Gasteiger partial charge in [-0.3, -0.25) is 19.1 Å². The average Bonchev–Trinajstić information content (AvgIpc) is 3.20. The van der Waals surface area contributed by atoms with Gasteiger partial charge in [0.15, 0.2) is 5.69 Å². The number of benzene rings is 1. The highest BCUT2D eigenvalue weighted by atomic mass is 32.1. The number of unbranched alkanes of at least 4 members (excludes halogenated alkanes) is 3. The number of nitrogen functional groups attached to an aromatic ring is 1. The third kappa shape index (κ3) is 6.10. The van der Waals surface area contributed by atoms with E-state index < -0.39 is 11.2 Å². The summed E-state index contributed by atoms with van der Waals surface area (Å²) >= 11 is 1.64. The van der Waals surface area contributed by atoms with Crippen molar-refractivity contribution in [3.8, 4) is 0 Å². The van der Waals surface area contributed by atoms with E-state index in [0.29, 0.717) is 25.9 Å². The Kier molecular flexibility index (Phi) is 8.82. The Bertz CT molecular complexity index is 1160. The minimum absolute atomic E-state index is 0.0632. The lowest BCUT2D eigenvalue weighted by atomic mass is 10.2. The van der Waals surface area contributed by atoms with E-state index in [1.807, 2.05) is 31.2 Å². The molecule has 1 aromatic carbocycles. The fourth-order valence-electron chi connectivity index (χ4n) is 3.81. The van der Waals surface area contributed by atoms with E-state index in [2.05, 4.69) is 16.9 Å². The molecule has 0 unspecified atom stereocenters. The SMILES string of the molecule is CCCCCN(C(=O)CCCc1nc2ccccc2s1)c1c(N)n(CCCC)c(=O)[nH]c1=O. The molecular weight excluding hydrogens is 438 g/mol. The number of aromatic nitrogens is 3. The highest BCUT2D eigenvalue weighted by Crippen LogP contribution is 2.24. The maximum atomic E-state index is 13.2. The van der Waals surface area contributed by atoms with E-state index >= 15 is 0 Å². The first-order valence-corrected chi connectivity index (χ1v) is 12.5. The van der Waals surface area contributed by atoms with Crippen LogP contribution in [0.15, 0.2) is 33.9 Å². The Morgan fingerprint density at radius 2 is 1.88 bits per heavy atom. The Morgan fingerprint density at radius 1 is 1.12 bits per heavy atom. The van der Waals surface area contributed by atoms with E-state index in [1.54, 1.807) is 11.3 Å². The van der Waals surface area contributed by atoms with Crippen LogP contribution in [0.1, 0.15) is 63.8 Å². The lowest BCUT2D eigenvalue weighted by molar-refractivity contribution is -0.118. The van der Waals surface area contributed by atoms with Gasteiger partial charge in [0.1, 0.15) is 5.82 Å². The van der Waals surface area contributed by atoms with E-state index in [-0.39, 0.29) is 23.8 Å². The third-order valence-corrected chi connectivity index (χ3v) is 6.72. The largest absolute Gasteiger partial charge is 0.383 e. The van der Waals surface area contributed by atoms with E-state index in [9.17, 15) is 14.4 Å². The van der Waals surface area contributed by atoms with Gasteiger partial charge >= 0.3 is 5.69 Å². The normalized spacial score (nSPS) is 11.2. The van der Waals surface area contributed by atoms with Gasteiger partial charge in [0.25, 0.3) is 5.56 Å². The molecule has 0 radical (unpaired) electrons. The minimum atomic E-state index is -0.610. The van der Waals surface area contributed by atoms with Crippen LogP contribution in [0.25, 0.3) is 10.2 Å². The molecule has 3 rings (SSSR count). The van der Waals surface area contributed by atoms with E-state index in [4.69, 9.17) is 5.73 Å². The molecule has 0 atom stereocenters. The molecule has 0 aliphatic rings. The Hall–Kier alpha value is -2.94. The first-order valence-electron chi connectivity index (χ1n) is 11.7. The molecule has 2 aromatic heterocycles. The van der Waals surface area contributed by atoms with Crippen LogP contribution in [-0.4, -0.2) is 27.0 Å². The number of fused-ring (bicyclic) bond motifs is 1. The van der Waals surface area contributed by atoms with Gasteiger partial charge in [0, 0.05) is 19.5 Å². The number of nitrogens with zero attached hydrogens (tertiary/aromatic N) is 3. The molecule has 3 N–H and O–H groups in total. The van der Waals surface area contributed by atoms with Crippen molar-refractivity contribution in [2.75, 3.05) is 17.2 Å². The Balaban J connectivity index is 1.79. The zero-order valence-corrected chi connectivity index (χ0v) is 20.2. The second kappa shape index (κ2) is 11.8. The van der Waals surface area contributed by atoms with Crippen molar-refractivity contribution in [1.29, 1.82) is 0 Å². The highest BCUT2D eigenvalue weighted by molar-refractivity contribution is 7.18. The van der Waals surface area contributed by atoms with Crippen molar-refractivity contribution >= 4 is 39.0 Å². The lowest BCUT2D eigenvalue weighted by Crippen LogP contribution is -2.41. The number of carbonyl (C=O) groups is 1. The highest BCUT2D eigenvalue weighted by Gasteiger charge is 2.23. The first kappa shape index (κ1) is 24.7. The summed E-state index contributed by atoms with van der Waals surface area (Å²) < 4.78 is 2.50. The van der Waals surface area contributed by atoms with Crippen LogP contribution in [0.2, 0.25) is 0 Å². The van der Waals surface area contributed by atoms with Crippen LogP contribution in [0.5, 0.6) is 0 Å². The second-order valence-electron chi connectivity index (χ2n) is 8.18. The van der Waals surface area contributed by atoms with Crippen molar-refractivity contribution in [3.63, 3.8) is 0 Å². The fourth-order valence-corrected chi connectivity index (χ4v) is 4.82. The number of thiazole rings is 1. The average molecular weight is 472 g/mol. The number of anilines is 2. The number of nitrogens with one attached hydrogen (secondary N) is 1. The monoisotopic (exact) mass is 471 g/mol. The van der Waals surface area contributed by atoms with Gasteiger partial charge in [-0.05, 0) is 37.8 Å². The summed E-state index contributed by atoms with van der Waals surface area (Å²) in [6, 6.07) is 7.98. The molecule has 8 nitrogen and oxygen atoms in total. The summed E-state index contributed by atoms with van der Waals surface area (Å²) in [4.78, 5) is 46.7. The predicted molar refractivity (Wildman–Crippen MR) is 135 cm³/mol. The second-order valence-corrected chi connectivity index (χ2v) is 9.29. The van der Waals surface area contributed by atoms with E-state index in [1.165, 1.54) is 9.47 Å². The number of carbonyl (C=O) groups excluding carboxylic acids is 1. The molecule has 0 aliphatic carbocycles. The molecule has 0 saturated heterocycles.